The lowest BCUT2D eigenvalue weighted by molar-refractivity contribution is 0.171. The van der Waals surface area contributed by atoms with Crippen LogP contribution in [-0.2, 0) is 6.54 Å². The van der Waals surface area contributed by atoms with Gasteiger partial charge in [-0.1, -0.05) is 0 Å². The summed E-state index contributed by atoms with van der Waals surface area (Å²) in [5, 5.41) is 2.97. The van der Waals surface area contributed by atoms with Crippen LogP contribution in [0.4, 0.5) is 0 Å². The zero-order valence-electron chi connectivity index (χ0n) is 10.1. The van der Waals surface area contributed by atoms with Gasteiger partial charge in [0, 0.05) is 17.5 Å². The van der Waals surface area contributed by atoms with Crippen LogP contribution in [0.3, 0.4) is 0 Å². The van der Waals surface area contributed by atoms with Crippen molar-refractivity contribution in [1.82, 2.24) is 4.98 Å². The maximum Gasteiger partial charge on any atom is 0.162 e. The number of thiazole rings is 1. The molecular weight excluding hydrogens is 248 g/mol. The summed E-state index contributed by atoms with van der Waals surface area (Å²) < 4.78 is 11.2. The van der Waals surface area contributed by atoms with Crippen LogP contribution < -0.4 is 15.2 Å². The third-order valence-corrected chi connectivity index (χ3v) is 3.76. The van der Waals surface area contributed by atoms with Gasteiger partial charge in [-0.3, -0.25) is 0 Å². The average molecular weight is 262 g/mol. The maximum atomic E-state index is 5.60. The van der Waals surface area contributed by atoms with Crippen LogP contribution in [0.15, 0.2) is 17.5 Å². The minimum absolute atomic E-state index is 0.480. The lowest BCUT2D eigenvalue weighted by Crippen LogP contribution is -2.15. The molecule has 0 unspecified atom stereocenters. The van der Waals surface area contributed by atoms with Gasteiger partial charge in [-0.25, -0.2) is 4.98 Å². The van der Waals surface area contributed by atoms with E-state index in [1.54, 1.807) is 11.3 Å². The van der Waals surface area contributed by atoms with Gasteiger partial charge >= 0.3 is 0 Å². The summed E-state index contributed by atoms with van der Waals surface area (Å²) in [6.07, 6.45) is 0. The number of rotatable bonds is 2. The molecule has 4 nitrogen and oxygen atoms in total. The minimum Gasteiger partial charge on any atom is -0.486 e. The van der Waals surface area contributed by atoms with Crippen molar-refractivity contribution in [3.63, 3.8) is 0 Å². The summed E-state index contributed by atoms with van der Waals surface area (Å²) in [6, 6.07) is 4.00. The van der Waals surface area contributed by atoms with E-state index in [0.29, 0.717) is 19.8 Å². The van der Waals surface area contributed by atoms with E-state index in [-0.39, 0.29) is 0 Å². The van der Waals surface area contributed by atoms with E-state index in [9.17, 15) is 0 Å². The Balaban J connectivity index is 2.06. The zero-order valence-corrected chi connectivity index (χ0v) is 10.9. The summed E-state index contributed by atoms with van der Waals surface area (Å²) in [6.45, 7) is 3.74. The number of aromatic nitrogens is 1. The molecule has 0 spiro atoms. The van der Waals surface area contributed by atoms with Crippen LogP contribution in [0.25, 0.3) is 11.3 Å². The third-order valence-electron chi connectivity index (χ3n) is 2.89. The molecule has 0 saturated heterocycles. The smallest absolute Gasteiger partial charge is 0.162 e. The quantitative estimate of drug-likeness (QED) is 0.902. The summed E-state index contributed by atoms with van der Waals surface area (Å²) in [7, 11) is 0. The normalized spacial score (nSPS) is 13.7. The lowest BCUT2D eigenvalue weighted by atomic mass is 10.1. The number of nitrogens with zero attached hydrogens (tertiary/aromatic N) is 1. The molecule has 0 amide bonds. The number of fused-ring (bicyclic) bond motifs is 1. The monoisotopic (exact) mass is 262 g/mol. The number of ether oxygens (including phenoxy) is 2. The van der Waals surface area contributed by atoms with Crippen molar-refractivity contribution < 1.29 is 9.47 Å². The number of hydrogen-bond donors (Lipinski definition) is 1. The number of nitrogens with two attached hydrogens (primary N) is 1. The second kappa shape index (κ2) is 4.59. The molecule has 18 heavy (non-hydrogen) atoms. The van der Waals surface area contributed by atoms with Gasteiger partial charge in [0.1, 0.15) is 18.2 Å². The summed E-state index contributed by atoms with van der Waals surface area (Å²) in [5.74, 6) is 1.61. The van der Waals surface area contributed by atoms with Gasteiger partial charge in [-0.05, 0) is 24.6 Å². The Morgan fingerprint density at radius 3 is 2.67 bits per heavy atom. The molecule has 1 aliphatic rings. The Kier molecular flexibility index (Phi) is 2.93. The fraction of sp³-hybridized carbons (Fsp3) is 0.308. The summed E-state index contributed by atoms with van der Waals surface area (Å²) in [4.78, 5) is 4.51. The highest BCUT2D eigenvalue weighted by Gasteiger charge is 2.16. The molecule has 3 rings (SSSR count). The van der Waals surface area contributed by atoms with Crippen LogP contribution in [0.5, 0.6) is 11.5 Å². The van der Waals surface area contributed by atoms with Gasteiger partial charge < -0.3 is 15.2 Å². The fourth-order valence-corrected chi connectivity index (χ4v) is 2.67. The summed E-state index contributed by atoms with van der Waals surface area (Å²) in [5.41, 5.74) is 8.76. The van der Waals surface area contributed by atoms with Gasteiger partial charge in [0.15, 0.2) is 11.5 Å². The van der Waals surface area contributed by atoms with Crippen molar-refractivity contribution in [2.24, 2.45) is 5.73 Å². The molecule has 0 aliphatic carbocycles. The van der Waals surface area contributed by atoms with E-state index in [2.05, 4.69) is 11.9 Å². The third kappa shape index (κ3) is 1.95. The van der Waals surface area contributed by atoms with Crippen molar-refractivity contribution in [3.05, 3.63) is 28.1 Å². The Morgan fingerprint density at radius 2 is 2.00 bits per heavy atom. The molecular formula is C13H14N2O2S. The first-order valence-corrected chi connectivity index (χ1v) is 6.71. The molecule has 1 aliphatic heterocycles. The number of hydrogen-bond acceptors (Lipinski definition) is 5. The van der Waals surface area contributed by atoms with E-state index in [1.807, 2.05) is 17.5 Å². The molecule has 2 N–H and O–H groups in total. The van der Waals surface area contributed by atoms with Gasteiger partial charge in [0.2, 0.25) is 0 Å². The summed E-state index contributed by atoms with van der Waals surface area (Å²) >= 11 is 1.58. The van der Waals surface area contributed by atoms with Gasteiger partial charge in [-0.2, -0.15) is 0 Å². The predicted octanol–water partition coefficient (Wildman–Crippen LogP) is 2.35. The molecule has 0 fully saturated rings. The van der Waals surface area contributed by atoms with Crippen molar-refractivity contribution in [1.29, 1.82) is 0 Å². The van der Waals surface area contributed by atoms with E-state index in [4.69, 9.17) is 15.2 Å². The second-order valence-corrected chi connectivity index (χ2v) is 5.08. The van der Waals surface area contributed by atoms with Crippen molar-refractivity contribution in [2.45, 2.75) is 13.5 Å². The Labute approximate surface area is 109 Å². The van der Waals surface area contributed by atoms with Crippen LogP contribution in [0, 0.1) is 6.92 Å². The lowest BCUT2D eigenvalue weighted by Gasteiger charge is -2.19. The molecule has 5 heteroatoms. The van der Waals surface area contributed by atoms with Crippen LogP contribution in [0.2, 0.25) is 0 Å². The van der Waals surface area contributed by atoms with E-state index in [1.165, 1.54) is 0 Å². The molecule has 0 saturated carbocycles. The van der Waals surface area contributed by atoms with Crippen LogP contribution in [0.1, 0.15) is 10.6 Å². The van der Waals surface area contributed by atoms with Gasteiger partial charge in [0.25, 0.3) is 0 Å². The molecule has 2 heterocycles. The molecule has 1 aromatic heterocycles. The highest BCUT2D eigenvalue weighted by molar-refractivity contribution is 7.09. The largest absolute Gasteiger partial charge is 0.486 e. The van der Waals surface area contributed by atoms with Crippen molar-refractivity contribution in [2.75, 3.05) is 13.2 Å². The van der Waals surface area contributed by atoms with E-state index < -0.39 is 0 Å². The molecule has 94 valence electrons. The minimum atomic E-state index is 0.480. The Morgan fingerprint density at radius 1 is 1.28 bits per heavy atom. The predicted molar refractivity (Wildman–Crippen MR) is 71.2 cm³/mol. The molecule has 1 aromatic carbocycles. The van der Waals surface area contributed by atoms with Crippen molar-refractivity contribution in [3.8, 4) is 22.8 Å². The molecule has 0 atom stereocenters. The average Bonchev–Trinajstić information content (AvgIpc) is 2.86. The van der Waals surface area contributed by atoms with E-state index in [0.717, 1.165) is 33.3 Å². The topological polar surface area (TPSA) is 57.4 Å². The highest BCUT2D eigenvalue weighted by atomic mass is 32.1. The van der Waals surface area contributed by atoms with Crippen LogP contribution in [-0.4, -0.2) is 18.2 Å². The standard InChI is InChI=1S/C13H14N2O2S/c1-8-4-11-12(17-3-2-16-11)5-9(8)10-7-18-13(6-14)15-10/h4-5,7H,2-3,6,14H2,1H3. The Bertz CT molecular complexity index is 580. The Hall–Kier alpha value is -1.59. The van der Waals surface area contributed by atoms with E-state index >= 15 is 0 Å². The molecule has 0 bridgehead atoms. The number of aryl methyl sites for hydroxylation is 1. The fourth-order valence-electron chi connectivity index (χ4n) is 1.99. The van der Waals surface area contributed by atoms with Crippen molar-refractivity contribution >= 4 is 11.3 Å². The maximum absolute atomic E-state index is 5.60. The second-order valence-electron chi connectivity index (χ2n) is 4.14. The first kappa shape index (κ1) is 11.5. The van der Waals surface area contributed by atoms with Crippen LogP contribution >= 0.6 is 11.3 Å². The highest BCUT2D eigenvalue weighted by Crippen LogP contribution is 2.37. The molecule has 0 radical (unpaired) electrons. The first-order chi connectivity index (χ1) is 8.78. The van der Waals surface area contributed by atoms with Gasteiger partial charge in [0.05, 0.1) is 5.69 Å². The first-order valence-electron chi connectivity index (χ1n) is 5.83. The zero-order chi connectivity index (χ0) is 12.5. The van der Waals surface area contributed by atoms with Gasteiger partial charge in [-0.15, -0.1) is 11.3 Å². The number of benzene rings is 1. The molecule has 2 aromatic rings. The SMILES string of the molecule is Cc1cc2c(cc1-c1csc(CN)n1)OCCO2.